The fourth-order valence-electron chi connectivity index (χ4n) is 2.23. The van der Waals surface area contributed by atoms with Gasteiger partial charge in [-0.3, -0.25) is 9.48 Å². The maximum absolute atomic E-state index is 12.1. The second kappa shape index (κ2) is 5.51. The Morgan fingerprint density at radius 2 is 2.14 bits per heavy atom. The zero-order chi connectivity index (χ0) is 15.7. The minimum Gasteiger partial charge on any atom is -0.454 e. The second-order valence-electron chi connectivity index (χ2n) is 4.98. The van der Waals surface area contributed by atoms with E-state index in [0.717, 1.165) is 17.0 Å². The van der Waals surface area contributed by atoms with E-state index in [9.17, 15) is 4.79 Å². The van der Waals surface area contributed by atoms with Crippen LogP contribution in [0, 0.1) is 13.8 Å². The normalized spacial score (nSPS) is 12.9. The average Bonchev–Trinajstić information content (AvgIpc) is 3.06. The van der Waals surface area contributed by atoms with E-state index in [-0.39, 0.29) is 12.7 Å². The summed E-state index contributed by atoms with van der Waals surface area (Å²) in [6, 6.07) is 5.00. The summed E-state index contributed by atoms with van der Waals surface area (Å²) in [7, 11) is 1.87. The van der Waals surface area contributed by atoms with Gasteiger partial charge in [-0.1, -0.05) is 0 Å². The van der Waals surface area contributed by atoms with Gasteiger partial charge in [-0.25, -0.2) is 5.43 Å². The van der Waals surface area contributed by atoms with Crippen LogP contribution in [0.4, 0.5) is 0 Å². The van der Waals surface area contributed by atoms with E-state index in [1.165, 1.54) is 0 Å². The lowest BCUT2D eigenvalue weighted by Gasteiger charge is -2.01. The fraction of sp³-hybridized carbons (Fsp3) is 0.267. The number of hydrazone groups is 1. The number of hydrogen-bond acceptors (Lipinski definition) is 5. The van der Waals surface area contributed by atoms with Gasteiger partial charge in [-0.15, -0.1) is 0 Å². The van der Waals surface area contributed by atoms with Gasteiger partial charge in [-0.2, -0.15) is 10.2 Å². The van der Waals surface area contributed by atoms with Gasteiger partial charge in [0.05, 0.1) is 11.9 Å². The number of ether oxygens (including phenoxy) is 2. The third kappa shape index (κ3) is 2.52. The predicted molar refractivity (Wildman–Crippen MR) is 80.3 cm³/mol. The van der Waals surface area contributed by atoms with Crippen LogP contribution in [-0.2, 0) is 7.05 Å². The number of aryl methyl sites for hydroxylation is 2. The highest BCUT2D eigenvalue weighted by Crippen LogP contribution is 2.32. The number of nitrogens with zero attached hydrogens (tertiary/aromatic N) is 3. The summed E-state index contributed by atoms with van der Waals surface area (Å²) in [4.78, 5) is 12.1. The molecule has 0 fully saturated rings. The van der Waals surface area contributed by atoms with Gasteiger partial charge in [-0.05, 0) is 32.0 Å². The second-order valence-corrected chi connectivity index (χ2v) is 4.98. The Balaban J connectivity index is 1.71. The van der Waals surface area contributed by atoms with E-state index >= 15 is 0 Å². The van der Waals surface area contributed by atoms with Crippen LogP contribution in [-0.4, -0.2) is 28.7 Å². The molecular weight excluding hydrogens is 284 g/mol. The predicted octanol–water partition coefficient (Wildman–Crippen LogP) is 1.53. The van der Waals surface area contributed by atoms with Crippen molar-refractivity contribution in [3.63, 3.8) is 0 Å². The minimum atomic E-state index is -0.311. The van der Waals surface area contributed by atoms with Crippen LogP contribution in [0.1, 0.15) is 27.3 Å². The highest BCUT2D eigenvalue weighted by atomic mass is 16.7. The van der Waals surface area contributed by atoms with Crippen LogP contribution >= 0.6 is 0 Å². The zero-order valence-electron chi connectivity index (χ0n) is 12.6. The third-order valence-electron chi connectivity index (χ3n) is 3.56. The molecule has 1 aromatic carbocycles. The summed E-state index contributed by atoms with van der Waals surface area (Å²) < 4.78 is 12.2. The van der Waals surface area contributed by atoms with Crippen LogP contribution in [0.15, 0.2) is 23.3 Å². The summed E-state index contributed by atoms with van der Waals surface area (Å²) in [6.45, 7) is 4.02. The monoisotopic (exact) mass is 300 g/mol. The topological polar surface area (TPSA) is 77.7 Å². The van der Waals surface area contributed by atoms with Gasteiger partial charge in [0.2, 0.25) is 6.79 Å². The van der Waals surface area contributed by atoms with E-state index in [2.05, 4.69) is 15.6 Å². The molecule has 1 aliphatic rings. The van der Waals surface area contributed by atoms with Gasteiger partial charge in [0.1, 0.15) is 0 Å². The number of aromatic nitrogens is 2. The van der Waals surface area contributed by atoms with Crippen LogP contribution in [0.3, 0.4) is 0 Å². The summed E-state index contributed by atoms with van der Waals surface area (Å²) in [5, 5.41) is 8.28. The molecule has 0 radical (unpaired) electrons. The van der Waals surface area contributed by atoms with Crippen molar-refractivity contribution in [2.75, 3.05) is 6.79 Å². The number of nitrogens with one attached hydrogen (secondary N) is 1. The molecule has 0 atom stereocenters. The Kier molecular flexibility index (Phi) is 3.54. The maximum atomic E-state index is 12.1. The molecule has 7 nitrogen and oxygen atoms in total. The molecule has 1 amide bonds. The number of amides is 1. The van der Waals surface area contributed by atoms with Crippen LogP contribution < -0.4 is 14.9 Å². The molecule has 0 aliphatic carbocycles. The fourth-order valence-corrected chi connectivity index (χ4v) is 2.23. The van der Waals surface area contributed by atoms with E-state index in [4.69, 9.17) is 9.47 Å². The minimum absolute atomic E-state index is 0.179. The molecule has 2 aromatic rings. The number of hydrogen-bond donors (Lipinski definition) is 1. The van der Waals surface area contributed by atoms with Crippen molar-refractivity contribution in [2.24, 2.45) is 12.1 Å². The summed E-state index contributed by atoms with van der Waals surface area (Å²) in [5.41, 5.74) is 5.70. The number of fused-ring (bicyclic) bond motifs is 1. The van der Waals surface area contributed by atoms with Crippen molar-refractivity contribution in [3.05, 3.63) is 40.7 Å². The molecule has 114 valence electrons. The van der Waals surface area contributed by atoms with Gasteiger partial charge < -0.3 is 9.47 Å². The average molecular weight is 300 g/mol. The molecule has 0 saturated heterocycles. The van der Waals surface area contributed by atoms with Crippen molar-refractivity contribution in [1.29, 1.82) is 0 Å². The Morgan fingerprint density at radius 1 is 1.36 bits per heavy atom. The van der Waals surface area contributed by atoms with Crippen molar-refractivity contribution in [1.82, 2.24) is 15.2 Å². The largest absolute Gasteiger partial charge is 0.454 e. The van der Waals surface area contributed by atoms with Gasteiger partial charge in [0.25, 0.3) is 5.91 Å². The Bertz CT molecular complexity index is 764. The number of carbonyl (C=O) groups excluding carboxylic acids is 1. The van der Waals surface area contributed by atoms with E-state index in [1.54, 1.807) is 29.1 Å². The Labute approximate surface area is 127 Å². The van der Waals surface area contributed by atoms with Crippen molar-refractivity contribution >= 4 is 12.1 Å². The Morgan fingerprint density at radius 3 is 2.86 bits per heavy atom. The van der Waals surface area contributed by atoms with Gasteiger partial charge in [0, 0.05) is 23.9 Å². The molecule has 1 aliphatic heterocycles. The van der Waals surface area contributed by atoms with E-state index in [0.29, 0.717) is 17.1 Å². The molecule has 7 heteroatoms. The van der Waals surface area contributed by atoms with Gasteiger partial charge >= 0.3 is 0 Å². The molecular formula is C15H16N4O3. The smallest absolute Gasteiger partial charge is 0.271 e. The molecule has 2 heterocycles. The SMILES string of the molecule is Cc1nn(C)c(C)c1/C=N\NC(=O)c1ccc2c(c1)OCO2. The number of carbonyl (C=O) groups is 1. The highest BCUT2D eigenvalue weighted by Gasteiger charge is 2.16. The summed E-state index contributed by atoms with van der Waals surface area (Å²) in [6.07, 6.45) is 1.60. The zero-order valence-corrected chi connectivity index (χ0v) is 12.6. The molecule has 0 spiro atoms. The first-order chi connectivity index (χ1) is 10.6. The molecule has 0 unspecified atom stereocenters. The lowest BCUT2D eigenvalue weighted by atomic mass is 10.2. The molecule has 0 bridgehead atoms. The molecule has 22 heavy (non-hydrogen) atoms. The third-order valence-corrected chi connectivity index (χ3v) is 3.56. The summed E-state index contributed by atoms with van der Waals surface area (Å²) in [5.74, 6) is 0.894. The van der Waals surface area contributed by atoms with Crippen LogP contribution in [0.25, 0.3) is 0 Å². The first-order valence-corrected chi connectivity index (χ1v) is 6.79. The first-order valence-electron chi connectivity index (χ1n) is 6.79. The lowest BCUT2D eigenvalue weighted by molar-refractivity contribution is 0.0954. The van der Waals surface area contributed by atoms with Crippen LogP contribution in [0.2, 0.25) is 0 Å². The summed E-state index contributed by atoms with van der Waals surface area (Å²) >= 11 is 0. The molecule has 3 rings (SSSR count). The van der Waals surface area contributed by atoms with Crippen molar-refractivity contribution < 1.29 is 14.3 Å². The van der Waals surface area contributed by atoms with Crippen molar-refractivity contribution in [3.8, 4) is 11.5 Å². The maximum Gasteiger partial charge on any atom is 0.271 e. The quantitative estimate of drug-likeness (QED) is 0.689. The molecule has 1 N–H and O–H groups in total. The first kappa shape index (κ1) is 14.1. The van der Waals surface area contributed by atoms with Crippen molar-refractivity contribution in [2.45, 2.75) is 13.8 Å². The number of rotatable bonds is 3. The standard InChI is InChI=1S/C15H16N4O3/c1-9-12(10(2)19(3)18-9)7-16-17-15(20)11-4-5-13-14(6-11)22-8-21-13/h4-7H,8H2,1-3H3,(H,17,20)/b16-7-. The molecule has 1 aromatic heterocycles. The van der Waals surface area contributed by atoms with E-state index in [1.807, 2.05) is 20.9 Å². The number of benzene rings is 1. The van der Waals surface area contributed by atoms with E-state index < -0.39 is 0 Å². The van der Waals surface area contributed by atoms with Crippen LogP contribution in [0.5, 0.6) is 11.5 Å². The Hall–Kier alpha value is -2.83. The highest BCUT2D eigenvalue weighted by molar-refractivity contribution is 5.95. The molecule has 0 saturated carbocycles. The lowest BCUT2D eigenvalue weighted by Crippen LogP contribution is -2.17. The van der Waals surface area contributed by atoms with Gasteiger partial charge in [0.15, 0.2) is 11.5 Å².